The number of urea groups is 1. The Hall–Kier alpha value is -2.93. The first-order valence-electron chi connectivity index (χ1n) is 9.61. The molecule has 3 aromatic rings. The number of benzene rings is 2. The summed E-state index contributed by atoms with van der Waals surface area (Å²) in [5.74, 6) is 0.999. The zero-order valence-corrected chi connectivity index (χ0v) is 16.6. The number of carbonyl (C=O) groups is 1. The van der Waals surface area contributed by atoms with E-state index in [1.165, 1.54) is 17.0 Å². The van der Waals surface area contributed by atoms with Gasteiger partial charge in [-0.15, -0.1) is 10.2 Å². The van der Waals surface area contributed by atoms with Gasteiger partial charge in [0.2, 0.25) is 5.95 Å². The highest BCUT2D eigenvalue weighted by molar-refractivity contribution is 6.30. The lowest BCUT2D eigenvalue weighted by molar-refractivity contribution is 0.256. The maximum absolute atomic E-state index is 13.7. The Bertz CT molecular complexity index is 1000. The third kappa shape index (κ3) is 4.56. The van der Waals surface area contributed by atoms with Gasteiger partial charge in [-0.3, -0.25) is 9.47 Å². The first-order valence-corrected chi connectivity index (χ1v) is 9.98. The summed E-state index contributed by atoms with van der Waals surface area (Å²) in [4.78, 5) is 14.7. The molecule has 0 unspecified atom stereocenters. The summed E-state index contributed by atoms with van der Waals surface area (Å²) in [6, 6.07) is 12.7. The van der Waals surface area contributed by atoms with Crippen LogP contribution in [0, 0.1) is 5.82 Å². The average Bonchev–Trinajstić information content (AvgIpc) is 2.95. The number of nitrogens with one attached hydrogen (secondary N) is 1. The zero-order chi connectivity index (χ0) is 20.2. The van der Waals surface area contributed by atoms with Crippen molar-refractivity contribution >= 4 is 29.3 Å². The van der Waals surface area contributed by atoms with Gasteiger partial charge in [-0.1, -0.05) is 30.2 Å². The quantitative estimate of drug-likeness (QED) is 0.652. The normalized spacial score (nSPS) is 13.4. The van der Waals surface area contributed by atoms with E-state index in [2.05, 4.69) is 15.5 Å². The third-order valence-corrected chi connectivity index (χ3v) is 5.15. The summed E-state index contributed by atoms with van der Waals surface area (Å²) in [6.45, 7) is 0.931. The predicted octanol–water partition coefficient (Wildman–Crippen LogP) is 5.04. The minimum absolute atomic E-state index is 0.176. The van der Waals surface area contributed by atoms with Crippen molar-refractivity contribution in [2.75, 3.05) is 10.2 Å². The first-order chi connectivity index (χ1) is 14.1. The van der Waals surface area contributed by atoms with E-state index in [4.69, 9.17) is 11.6 Å². The predicted molar refractivity (Wildman–Crippen MR) is 111 cm³/mol. The van der Waals surface area contributed by atoms with Crippen LogP contribution in [0.2, 0.25) is 5.02 Å². The molecule has 1 aromatic heterocycles. The highest BCUT2D eigenvalue weighted by Crippen LogP contribution is 2.23. The van der Waals surface area contributed by atoms with Crippen molar-refractivity contribution in [3.05, 3.63) is 70.8 Å². The number of hydrogen-bond acceptors (Lipinski definition) is 3. The molecule has 1 N–H and O–H groups in total. The summed E-state index contributed by atoms with van der Waals surface area (Å²) in [5.41, 5.74) is 1.28. The van der Waals surface area contributed by atoms with Crippen molar-refractivity contribution in [3.8, 4) is 0 Å². The van der Waals surface area contributed by atoms with E-state index < -0.39 is 0 Å². The Morgan fingerprint density at radius 1 is 1.14 bits per heavy atom. The molecule has 6 nitrogen and oxygen atoms in total. The van der Waals surface area contributed by atoms with Crippen LogP contribution >= 0.6 is 11.6 Å². The van der Waals surface area contributed by atoms with E-state index in [1.54, 1.807) is 36.4 Å². The molecule has 4 rings (SSSR count). The average molecular weight is 414 g/mol. The van der Waals surface area contributed by atoms with Crippen LogP contribution in [0.4, 0.5) is 20.8 Å². The van der Waals surface area contributed by atoms with Crippen molar-refractivity contribution in [3.63, 3.8) is 0 Å². The Labute approximate surface area is 173 Å². The molecule has 150 valence electrons. The molecule has 8 heteroatoms. The first kappa shape index (κ1) is 19.4. The fourth-order valence-electron chi connectivity index (χ4n) is 3.44. The molecule has 0 fully saturated rings. The monoisotopic (exact) mass is 413 g/mol. The van der Waals surface area contributed by atoms with Gasteiger partial charge in [0.25, 0.3) is 0 Å². The van der Waals surface area contributed by atoms with Crippen molar-refractivity contribution in [1.29, 1.82) is 0 Å². The van der Waals surface area contributed by atoms with Crippen LogP contribution in [0.25, 0.3) is 0 Å². The van der Waals surface area contributed by atoms with Crippen LogP contribution in [-0.2, 0) is 19.5 Å². The van der Waals surface area contributed by atoms with Crippen LogP contribution in [0.15, 0.2) is 48.5 Å². The van der Waals surface area contributed by atoms with Crippen LogP contribution in [-0.4, -0.2) is 20.8 Å². The van der Waals surface area contributed by atoms with E-state index in [0.717, 1.165) is 38.1 Å². The van der Waals surface area contributed by atoms with Gasteiger partial charge in [-0.25, -0.2) is 9.18 Å². The molecule has 0 saturated carbocycles. The van der Waals surface area contributed by atoms with Gasteiger partial charge in [0.1, 0.15) is 11.6 Å². The number of amides is 2. The molecular weight excluding hydrogens is 393 g/mol. The number of nitrogens with zero attached hydrogens (tertiary/aromatic N) is 4. The molecule has 0 aliphatic carbocycles. The molecule has 29 heavy (non-hydrogen) atoms. The van der Waals surface area contributed by atoms with Gasteiger partial charge in [-0.05, 0) is 54.8 Å². The smallest absolute Gasteiger partial charge is 0.307 e. The second-order valence-electron chi connectivity index (χ2n) is 7.03. The molecule has 0 bridgehead atoms. The van der Waals surface area contributed by atoms with Gasteiger partial charge < -0.3 is 5.32 Å². The molecule has 0 spiro atoms. The maximum Gasteiger partial charge on any atom is 0.329 e. The molecule has 2 heterocycles. The van der Waals surface area contributed by atoms with Crippen LogP contribution in [0.1, 0.15) is 30.7 Å². The van der Waals surface area contributed by atoms with Crippen molar-refractivity contribution in [1.82, 2.24) is 14.8 Å². The number of hydrogen-bond donors (Lipinski definition) is 1. The number of rotatable bonds is 4. The van der Waals surface area contributed by atoms with E-state index in [0.29, 0.717) is 22.2 Å². The van der Waals surface area contributed by atoms with Gasteiger partial charge in [-0.2, -0.15) is 0 Å². The number of fused-ring (bicyclic) bond motifs is 1. The maximum atomic E-state index is 13.7. The van der Waals surface area contributed by atoms with E-state index in [-0.39, 0.29) is 18.4 Å². The lowest BCUT2D eigenvalue weighted by atomic mass is 10.2. The fraction of sp³-hybridized carbons (Fsp3) is 0.286. The number of halogens is 2. The number of anilines is 2. The third-order valence-electron chi connectivity index (χ3n) is 4.90. The number of aryl methyl sites for hydroxylation is 1. The topological polar surface area (TPSA) is 63.1 Å². The second-order valence-corrected chi connectivity index (χ2v) is 7.47. The molecule has 0 atom stereocenters. The molecule has 0 radical (unpaired) electrons. The van der Waals surface area contributed by atoms with Crippen LogP contribution < -0.4 is 10.2 Å². The second kappa shape index (κ2) is 8.61. The molecule has 0 saturated heterocycles. The van der Waals surface area contributed by atoms with Crippen molar-refractivity contribution < 1.29 is 9.18 Å². The summed E-state index contributed by atoms with van der Waals surface area (Å²) < 4.78 is 15.7. The minimum Gasteiger partial charge on any atom is -0.307 e. The SMILES string of the molecule is O=C(Nc1ccc(Cl)cc1)N(Cc1cccc(F)c1)c1nnc2n1CCCCC2. The van der Waals surface area contributed by atoms with Gasteiger partial charge in [0.15, 0.2) is 0 Å². The molecule has 1 aliphatic heterocycles. The molecule has 2 amide bonds. The van der Waals surface area contributed by atoms with Crippen LogP contribution in [0.3, 0.4) is 0 Å². The van der Waals surface area contributed by atoms with Gasteiger partial charge in [0.05, 0.1) is 6.54 Å². The Morgan fingerprint density at radius 2 is 1.97 bits per heavy atom. The van der Waals surface area contributed by atoms with Gasteiger partial charge in [0, 0.05) is 23.7 Å². The van der Waals surface area contributed by atoms with E-state index in [9.17, 15) is 9.18 Å². The molecule has 1 aliphatic rings. The molecular formula is C21H21ClFN5O. The zero-order valence-electron chi connectivity index (χ0n) is 15.8. The number of aromatic nitrogens is 3. The van der Waals surface area contributed by atoms with E-state index >= 15 is 0 Å². The highest BCUT2D eigenvalue weighted by Gasteiger charge is 2.25. The minimum atomic E-state index is -0.365. The summed E-state index contributed by atoms with van der Waals surface area (Å²) in [6.07, 6.45) is 4.01. The van der Waals surface area contributed by atoms with Crippen molar-refractivity contribution in [2.24, 2.45) is 0 Å². The lowest BCUT2D eigenvalue weighted by Crippen LogP contribution is -2.36. The highest BCUT2D eigenvalue weighted by atomic mass is 35.5. The largest absolute Gasteiger partial charge is 0.329 e. The van der Waals surface area contributed by atoms with E-state index in [1.807, 2.05) is 4.57 Å². The standard InChI is InChI=1S/C21H21ClFN5O/c22-16-8-10-18(11-9-16)24-21(29)28(14-15-5-4-6-17(23)13-15)20-26-25-19-7-2-1-3-12-27(19)20/h4-6,8-11,13H,1-3,7,12,14H2,(H,24,29). The Morgan fingerprint density at radius 3 is 2.76 bits per heavy atom. The Kier molecular flexibility index (Phi) is 5.76. The van der Waals surface area contributed by atoms with Gasteiger partial charge >= 0.3 is 6.03 Å². The van der Waals surface area contributed by atoms with Crippen molar-refractivity contribution in [2.45, 2.75) is 38.8 Å². The Balaban J connectivity index is 1.66. The molecule has 2 aromatic carbocycles. The lowest BCUT2D eigenvalue weighted by Gasteiger charge is -2.23. The number of carbonyl (C=O) groups excluding carboxylic acids is 1. The summed E-state index contributed by atoms with van der Waals surface area (Å²) in [7, 11) is 0. The summed E-state index contributed by atoms with van der Waals surface area (Å²) in [5, 5.41) is 12.0. The van der Waals surface area contributed by atoms with Crippen LogP contribution in [0.5, 0.6) is 0 Å². The summed E-state index contributed by atoms with van der Waals surface area (Å²) >= 11 is 5.93. The fourth-order valence-corrected chi connectivity index (χ4v) is 3.57.